The molecule has 0 spiro atoms. The second kappa shape index (κ2) is 14.0. The van der Waals surface area contributed by atoms with Crippen LogP contribution in [0.5, 0.6) is 0 Å². The molecule has 1 atom stereocenters. The summed E-state index contributed by atoms with van der Waals surface area (Å²) in [5, 5.41) is 4.63. The fraction of sp³-hybridized carbons (Fsp3) is 0.559. The maximum atomic E-state index is 4.81. The molecule has 208 valence electrons. The first-order chi connectivity index (χ1) is 19.2. The average Bonchev–Trinajstić information content (AvgIpc) is 3.12. The Balaban J connectivity index is 0.000000261. The predicted molar refractivity (Wildman–Crippen MR) is 164 cm³/mol. The van der Waals surface area contributed by atoms with Gasteiger partial charge in [-0.3, -0.25) is 4.98 Å². The molecule has 3 aromatic rings. The van der Waals surface area contributed by atoms with E-state index in [1.165, 1.54) is 101 Å². The van der Waals surface area contributed by atoms with Crippen molar-refractivity contribution in [3.8, 4) is 11.1 Å². The zero-order valence-corrected chi connectivity index (χ0v) is 24.2. The van der Waals surface area contributed by atoms with Crippen LogP contribution in [0, 0.1) is 5.92 Å². The standard InChI is InChI=1S/C25H28N4.C9H19N/c1-18-6-5-7-19(11-10-18)14-20-15-27-25-23(16-28-29(25)17-20)21-12-13-26-24-9-4-2-3-8-22(21)24;1-10-8-6-4-2-3-5-7-9-10/h3,8,12-18H,2,4-7,9-11H2,1H3;2-9H2,1H3. The van der Waals surface area contributed by atoms with Crippen molar-refractivity contribution in [1.29, 1.82) is 0 Å². The third-order valence-electron chi connectivity index (χ3n) is 8.66. The lowest BCUT2D eigenvalue weighted by Gasteiger charge is -2.13. The van der Waals surface area contributed by atoms with Crippen LogP contribution in [0.2, 0.25) is 0 Å². The topological polar surface area (TPSA) is 46.3 Å². The van der Waals surface area contributed by atoms with E-state index in [1.807, 2.05) is 23.1 Å². The minimum Gasteiger partial charge on any atom is -0.306 e. The maximum absolute atomic E-state index is 4.81. The summed E-state index contributed by atoms with van der Waals surface area (Å²) in [4.78, 5) is 11.9. The van der Waals surface area contributed by atoms with Gasteiger partial charge in [-0.05, 0) is 95.5 Å². The number of aryl methyl sites for hydroxylation is 1. The fourth-order valence-electron chi connectivity index (χ4n) is 6.22. The van der Waals surface area contributed by atoms with Crippen molar-refractivity contribution < 1.29 is 0 Å². The van der Waals surface area contributed by atoms with Crippen LogP contribution in [0.1, 0.15) is 107 Å². The average molecular weight is 526 g/mol. The van der Waals surface area contributed by atoms with Crippen molar-refractivity contribution in [2.45, 2.75) is 96.8 Å². The molecule has 1 saturated carbocycles. The third kappa shape index (κ3) is 7.66. The van der Waals surface area contributed by atoms with E-state index < -0.39 is 0 Å². The van der Waals surface area contributed by atoms with Gasteiger partial charge in [0, 0.05) is 41.0 Å². The molecule has 3 aliphatic rings. The second-order valence-electron chi connectivity index (χ2n) is 12.0. The lowest BCUT2D eigenvalue weighted by atomic mass is 10.00. The second-order valence-corrected chi connectivity index (χ2v) is 12.0. The molecule has 0 N–H and O–H groups in total. The molecule has 0 aromatic carbocycles. The Morgan fingerprint density at radius 2 is 1.67 bits per heavy atom. The van der Waals surface area contributed by atoms with Crippen LogP contribution >= 0.6 is 0 Å². The number of pyridine rings is 1. The molecule has 2 fully saturated rings. The lowest BCUT2D eigenvalue weighted by molar-refractivity contribution is 0.327. The van der Waals surface area contributed by atoms with Gasteiger partial charge >= 0.3 is 0 Å². The van der Waals surface area contributed by atoms with Crippen molar-refractivity contribution in [2.75, 3.05) is 20.1 Å². The third-order valence-corrected chi connectivity index (χ3v) is 8.66. The summed E-state index contributed by atoms with van der Waals surface area (Å²) in [6, 6.07) is 2.09. The quantitative estimate of drug-likeness (QED) is 0.315. The largest absolute Gasteiger partial charge is 0.306 e. The number of hydrogen-bond acceptors (Lipinski definition) is 4. The number of aromatic nitrogens is 4. The molecule has 3 aromatic heterocycles. The van der Waals surface area contributed by atoms with Crippen LogP contribution < -0.4 is 0 Å². The van der Waals surface area contributed by atoms with Crippen molar-refractivity contribution >= 4 is 17.8 Å². The van der Waals surface area contributed by atoms with Gasteiger partial charge in [-0.25, -0.2) is 9.50 Å². The van der Waals surface area contributed by atoms with Crippen molar-refractivity contribution in [3.63, 3.8) is 0 Å². The Kier molecular flexibility index (Phi) is 9.98. The first-order valence-corrected chi connectivity index (χ1v) is 15.5. The first-order valence-electron chi connectivity index (χ1n) is 15.5. The minimum atomic E-state index is 0.847. The zero-order chi connectivity index (χ0) is 26.9. The molecule has 0 radical (unpaired) electrons. The summed E-state index contributed by atoms with van der Waals surface area (Å²) in [6.07, 6.45) is 33.1. The van der Waals surface area contributed by atoms with Gasteiger partial charge in [0.15, 0.2) is 5.65 Å². The summed E-state index contributed by atoms with van der Waals surface area (Å²) in [7, 11) is 2.24. The molecule has 1 unspecified atom stereocenters. The van der Waals surface area contributed by atoms with Gasteiger partial charge in [-0.1, -0.05) is 62.8 Å². The van der Waals surface area contributed by atoms with E-state index in [2.05, 4.69) is 59.4 Å². The molecule has 39 heavy (non-hydrogen) atoms. The highest BCUT2D eigenvalue weighted by Crippen LogP contribution is 2.32. The molecule has 0 bridgehead atoms. The van der Waals surface area contributed by atoms with Gasteiger partial charge in [-0.2, -0.15) is 5.10 Å². The molecule has 1 aliphatic heterocycles. The van der Waals surface area contributed by atoms with Crippen LogP contribution in [0.25, 0.3) is 28.9 Å². The maximum Gasteiger partial charge on any atom is 0.162 e. The van der Waals surface area contributed by atoms with Crippen molar-refractivity contribution in [1.82, 2.24) is 24.5 Å². The normalized spacial score (nSPS) is 22.1. The van der Waals surface area contributed by atoms with E-state index in [0.717, 1.165) is 42.0 Å². The van der Waals surface area contributed by atoms with Gasteiger partial charge in [0.2, 0.25) is 0 Å². The lowest BCUT2D eigenvalue weighted by Crippen LogP contribution is -2.20. The Morgan fingerprint density at radius 3 is 2.51 bits per heavy atom. The Morgan fingerprint density at radius 1 is 0.846 bits per heavy atom. The van der Waals surface area contributed by atoms with Crippen LogP contribution in [0.4, 0.5) is 0 Å². The number of hydrogen-bond donors (Lipinski definition) is 0. The molecule has 5 heteroatoms. The zero-order valence-electron chi connectivity index (χ0n) is 24.2. The summed E-state index contributed by atoms with van der Waals surface area (Å²) in [5.74, 6) is 0.847. The molecular weight excluding hydrogens is 478 g/mol. The minimum absolute atomic E-state index is 0.847. The summed E-state index contributed by atoms with van der Waals surface area (Å²) in [5.41, 5.74) is 8.27. The van der Waals surface area contributed by atoms with E-state index in [1.54, 1.807) is 5.57 Å². The van der Waals surface area contributed by atoms with Crippen molar-refractivity contribution in [3.05, 3.63) is 59.3 Å². The highest BCUT2D eigenvalue weighted by Gasteiger charge is 2.16. The molecule has 1 saturated heterocycles. The molecule has 4 heterocycles. The van der Waals surface area contributed by atoms with E-state index in [-0.39, 0.29) is 0 Å². The van der Waals surface area contributed by atoms with Crippen LogP contribution in [-0.4, -0.2) is 44.6 Å². The highest BCUT2D eigenvalue weighted by molar-refractivity contribution is 5.84. The molecular formula is C34H47N5. The van der Waals surface area contributed by atoms with Crippen LogP contribution in [0.3, 0.4) is 0 Å². The summed E-state index contributed by atoms with van der Waals surface area (Å²) in [6.45, 7) is 5.01. The predicted octanol–water partition coefficient (Wildman–Crippen LogP) is 8.40. The summed E-state index contributed by atoms with van der Waals surface area (Å²) < 4.78 is 1.92. The monoisotopic (exact) mass is 525 g/mol. The van der Waals surface area contributed by atoms with Gasteiger partial charge in [0.05, 0.1) is 6.20 Å². The molecule has 0 amide bonds. The Bertz CT molecular complexity index is 1260. The number of fused-ring (bicyclic) bond motifs is 2. The molecule has 5 nitrogen and oxygen atoms in total. The van der Waals surface area contributed by atoms with E-state index in [9.17, 15) is 0 Å². The Labute approximate surface area is 235 Å². The first kappa shape index (κ1) is 27.8. The Hall–Kier alpha value is -2.79. The fourth-order valence-corrected chi connectivity index (χ4v) is 6.22. The number of allylic oxidation sites excluding steroid dienone is 2. The van der Waals surface area contributed by atoms with Gasteiger partial charge in [0.25, 0.3) is 0 Å². The van der Waals surface area contributed by atoms with Gasteiger partial charge in [-0.15, -0.1) is 0 Å². The van der Waals surface area contributed by atoms with Gasteiger partial charge in [0.1, 0.15) is 0 Å². The van der Waals surface area contributed by atoms with Crippen molar-refractivity contribution in [2.24, 2.45) is 5.92 Å². The van der Waals surface area contributed by atoms with Crippen LogP contribution in [-0.2, 0) is 6.42 Å². The smallest absolute Gasteiger partial charge is 0.162 e. The number of nitrogens with zero attached hydrogens (tertiary/aromatic N) is 5. The molecule has 6 rings (SSSR count). The highest BCUT2D eigenvalue weighted by atomic mass is 15.2. The van der Waals surface area contributed by atoms with E-state index in [0.29, 0.717) is 0 Å². The molecule has 2 aliphatic carbocycles. The number of rotatable bonds is 2. The van der Waals surface area contributed by atoms with Crippen LogP contribution in [0.15, 0.2) is 42.5 Å². The van der Waals surface area contributed by atoms with E-state index >= 15 is 0 Å². The SMILES string of the molecule is CC1CCCC(=Cc2cnc3c(-c4ccnc5c4C=CCCC5)cnn3c2)CC1.CN1CCCCCCCC1. The van der Waals surface area contributed by atoms with E-state index in [4.69, 9.17) is 4.98 Å². The summed E-state index contributed by atoms with van der Waals surface area (Å²) >= 11 is 0. The van der Waals surface area contributed by atoms with Gasteiger partial charge < -0.3 is 4.90 Å².